The van der Waals surface area contributed by atoms with Crippen molar-refractivity contribution >= 4 is 17.6 Å². The van der Waals surface area contributed by atoms with Crippen molar-refractivity contribution in [1.29, 1.82) is 0 Å². The SMILES string of the molecule is COC(=O)CC[C@@H](C)Cl. The number of esters is 1. The maximum Gasteiger partial charge on any atom is 0.305 e. The summed E-state index contributed by atoms with van der Waals surface area (Å²) in [4.78, 5) is 10.4. The van der Waals surface area contributed by atoms with Gasteiger partial charge in [-0.15, -0.1) is 11.6 Å². The lowest BCUT2D eigenvalue weighted by Crippen LogP contribution is -2.02. The van der Waals surface area contributed by atoms with Crippen LogP contribution in [0.5, 0.6) is 0 Å². The molecule has 0 aliphatic heterocycles. The minimum Gasteiger partial charge on any atom is -0.469 e. The van der Waals surface area contributed by atoms with E-state index in [1.807, 2.05) is 6.92 Å². The standard InChI is InChI=1S/C6H11ClO2/c1-5(7)3-4-6(8)9-2/h5H,3-4H2,1-2H3/t5-/m1/s1. The van der Waals surface area contributed by atoms with Crippen molar-refractivity contribution in [3.63, 3.8) is 0 Å². The van der Waals surface area contributed by atoms with Gasteiger partial charge in [-0.1, -0.05) is 0 Å². The molecule has 0 rings (SSSR count). The van der Waals surface area contributed by atoms with Crippen LogP contribution in [0.1, 0.15) is 19.8 Å². The maximum absolute atomic E-state index is 10.4. The van der Waals surface area contributed by atoms with E-state index in [0.29, 0.717) is 12.8 Å². The third-order valence-corrected chi connectivity index (χ3v) is 1.19. The van der Waals surface area contributed by atoms with Gasteiger partial charge in [0.2, 0.25) is 0 Å². The van der Waals surface area contributed by atoms with Crippen LogP contribution in [0.25, 0.3) is 0 Å². The van der Waals surface area contributed by atoms with Crippen LogP contribution < -0.4 is 0 Å². The first-order chi connectivity index (χ1) is 4.16. The highest BCUT2D eigenvalue weighted by Crippen LogP contribution is 2.03. The smallest absolute Gasteiger partial charge is 0.305 e. The van der Waals surface area contributed by atoms with Crippen LogP contribution in [-0.4, -0.2) is 18.5 Å². The Balaban J connectivity index is 3.17. The summed E-state index contributed by atoms with van der Waals surface area (Å²) >= 11 is 5.57. The summed E-state index contributed by atoms with van der Waals surface area (Å²) in [7, 11) is 1.38. The number of hydrogen-bond acceptors (Lipinski definition) is 2. The number of alkyl halides is 1. The van der Waals surface area contributed by atoms with Crippen molar-refractivity contribution < 1.29 is 9.53 Å². The summed E-state index contributed by atoms with van der Waals surface area (Å²) in [5, 5.41) is 0.0594. The van der Waals surface area contributed by atoms with Gasteiger partial charge < -0.3 is 4.74 Å². The Hall–Kier alpha value is -0.240. The number of ether oxygens (including phenoxy) is 1. The van der Waals surface area contributed by atoms with Crippen LogP contribution in [0.2, 0.25) is 0 Å². The number of methoxy groups -OCH3 is 1. The summed E-state index contributed by atoms with van der Waals surface area (Å²) in [5.41, 5.74) is 0. The molecule has 0 radical (unpaired) electrons. The van der Waals surface area contributed by atoms with Gasteiger partial charge in [-0.3, -0.25) is 4.79 Å². The second-order valence-electron chi connectivity index (χ2n) is 1.90. The van der Waals surface area contributed by atoms with E-state index in [1.165, 1.54) is 7.11 Å². The van der Waals surface area contributed by atoms with E-state index < -0.39 is 0 Å². The minimum absolute atomic E-state index is 0.0594. The van der Waals surface area contributed by atoms with Gasteiger partial charge in [-0.05, 0) is 13.3 Å². The second kappa shape index (κ2) is 4.62. The molecular weight excluding hydrogens is 140 g/mol. The Labute approximate surface area is 60.1 Å². The fourth-order valence-electron chi connectivity index (χ4n) is 0.419. The Morgan fingerprint density at radius 2 is 2.33 bits per heavy atom. The number of carbonyl (C=O) groups excluding carboxylic acids is 1. The van der Waals surface area contributed by atoms with Crippen LogP contribution >= 0.6 is 11.6 Å². The van der Waals surface area contributed by atoms with Gasteiger partial charge in [-0.25, -0.2) is 0 Å². The number of halogens is 1. The first kappa shape index (κ1) is 8.76. The normalized spacial score (nSPS) is 12.8. The van der Waals surface area contributed by atoms with E-state index in [4.69, 9.17) is 11.6 Å². The highest BCUT2D eigenvalue weighted by atomic mass is 35.5. The lowest BCUT2D eigenvalue weighted by molar-refractivity contribution is -0.140. The third kappa shape index (κ3) is 5.63. The number of carbonyl (C=O) groups is 1. The van der Waals surface area contributed by atoms with E-state index in [0.717, 1.165) is 0 Å². The van der Waals surface area contributed by atoms with Crippen molar-refractivity contribution in [1.82, 2.24) is 0 Å². The molecule has 0 heterocycles. The molecule has 0 N–H and O–H groups in total. The van der Waals surface area contributed by atoms with Crippen LogP contribution in [0.4, 0.5) is 0 Å². The van der Waals surface area contributed by atoms with Crippen LogP contribution in [0.3, 0.4) is 0 Å². The monoisotopic (exact) mass is 150 g/mol. The predicted octanol–water partition coefficient (Wildman–Crippen LogP) is 1.57. The van der Waals surface area contributed by atoms with Crippen molar-refractivity contribution in [2.24, 2.45) is 0 Å². The molecule has 0 aromatic heterocycles. The molecule has 0 bridgehead atoms. The Morgan fingerprint density at radius 3 is 2.67 bits per heavy atom. The zero-order chi connectivity index (χ0) is 7.28. The largest absolute Gasteiger partial charge is 0.469 e. The molecule has 9 heavy (non-hydrogen) atoms. The van der Waals surface area contributed by atoms with E-state index in [9.17, 15) is 4.79 Å². The van der Waals surface area contributed by atoms with Gasteiger partial charge in [0.05, 0.1) is 7.11 Å². The van der Waals surface area contributed by atoms with E-state index in [-0.39, 0.29) is 11.3 Å². The summed E-state index contributed by atoms with van der Waals surface area (Å²) in [6.45, 7) is 1.85. The average Bonchev–Trinajstić information content (AvgIpc) is 1.83. The lowest BCUT2D eigenvalue weighted by Gasteiger charge is -1.99. The van der Waals surface area contributed by atoms with Gasteiger partial charge in [0.1, 0.15) is 0 Å². The Morgan fingerprint density at radius 1 is 1.78 bits per heavy atom. The molecule has 0 aromatic rings. The topological polar surface area (TPSA) is 26.3 Å². The third-order valence-electron chi connectivity index (χ3n) is 0.974. The first-order valence-corrected chi connectivity index (χ1v) is 3.31. The summed E-state index contributed by atoms with van der Waals surface area (Å²) in [5.74, 6) is -0.192. The Kier molecular flexibility index (Phi) is 4.50. The minimum atomic E-state index is -0.192. The molecule has 0 aliphatic rings. The summed E-state index contributed by atoms with van der Waals surface area (Å²) in [6, 6.07) is 0. The van der Waals surface area contributed by atoms with E-state index in [2.05, 4.69) is 4.74 Å². The zero-order valence-corrected chi connectivity index (χ0v) is 6.44. The first-order valence-electron chi connectivity index (χ1n) is 2.87. The quantitative estimate of drug-likeness (QED) is 0.451. The molecule has 0 saturated carbocycles. The van der Waals surface area contributed by atoms with E-state index >= 15 is 0 Å². The number of hydrogen-bond donors (Lipinski definition) is 0. The zero-order valence-electron chi connectivity index (χ0n) is 5.69. The molecule has 0 saturated heterocycles. The van der Waals surface area contributed by atoms with Gasteiger partial charge in [0.15, 0.2) is 0 Å². The number of rotatable bonds is 3. The van der Waals surface area contributed by atoms with Crippen LogP contribution in [-0.2, 0) is 9.53 Å². The molecular formula is C6H11ClO2. The van der Waals surface area contributed by atoms with Gasteiger partial charge in [0.25, 0.3) is 0 Å². The van der Waals surface area contributed by atoms with E-state index in [1.54, 1.807) is 0 Å². The molecule has 0 aliphatic carbocycles. The van der Waals surface area contributed by atoms with Crippen molar-refractivity contribution in [3.05, 3.63) is 0 Å². The van der Waals surface area contributed by atoms with Crippen molar-refractivity contribution in [2.75, 3.05) is 7.11 Å². The predicted molar refractivity (Wildman–Crippen MR) is 36.6 cm³/mol. The molecule has 3 heteroatoms. The van der Waals surface area contributed by atoms with Gasteiger partial charge >= 0.3 is 5.97 Å². The fraction of sp³-hybridized carbons (Fsp3) is 0.833. The average molecular weight is 151 g/mol. The maximum atomic E-state index is 10.4. The molecule has 0 amide bonds. The van der Waals surface area contributed by atoms with Crippen molar-refractivity contribution in [2.45, 2.75) is 25.1 Å². The summed E-state index contributed by atoms with van der Waals surface area (Å²) in [6.07, 6.45) is 1.11. The van der Waals surface area contributed by atoms with Crippen molar-refractivity contribution in [3.8, 4) is 0 Å². The highest BCUT2D eigenvalue weighted by molar-refractivity contribution is 6.20. The molecule has 0 spiro atoms. The molecule has 0 fully saturated rings. The second-order valence-corrected chi connectivity index (χ2v) is 2.64. The highest BCUT2D eigenvalue weighted by Gasteiger charge is 2.02. The summed E-state index contributed by atoms with van der Waals surface area (Å²) < 4.78 is 4.40. The Bertz CT molecular complexity index is 91.1. The molecule has 0 aromatic carbocycles. The molecule has 54 valence electrons. The van der Waals surface area contributed by atoms with Gasteiger partial charge in [-0.2, -0.15) is 0 Å². The lowest BCUT2D eigenvalue weighted by atomic mass is 10.2. The van der Waals surface area contributed by atoms with Gasteiger partial charge in [0, 0.05) is 11.8 Å². The van der Waals surface area contributed by atoms with Crippen LogP contribution in [0, 0.1) is 0 Å². The fourth-order valence-corrected chi connectivity index (χ4v) is 0.528. The molecule has 1 atom stereocenters. The molecule has 0 unspecified atom stereocenters. The van der Waals surface area contributed by atoms with Crippen LogP contribution in [0.15, 0.2) is 0 Å². The molecule has 2 nitrogen and oxygen atoms in total.